The molecule has 0 aromatic carbocycles. The van der Waals surface area contributed by atoms with Gasteiger partial charge in [0.25, 0.3) is 0 Å². The maximum Gasteiger partial charge on any atom is 0.472 e. The normalized spacial score (nSPS) is 14.2. The molecule has 1 N–H and O–H groups in total. The summed E-state index contributed by atoms with van der Waals surface area (Å²) in [5, 5.41) is 0. The Morgan fingerprint density at radius 3 is 1.06 bits per heavy atom. The fourth-order valence-electron chi connectivity index (χ4n) is 8.01. The summed E-state index contributed by atoms with van der Waals surface area (Å²) in [4.78, 5) is 35.8. The number of phosphoric ester groups is 1. The molecule has 0 bridgehead atoms. The second-order valence-corrected chi connectivity index (χ2v) is 23.2. The lowest BCUT2D eigenvalue weighted by molar-refractivity contribution is -0.870. The van der Waals surface area contributed by atoms with E-state index in [1.165, 1.54) is 70.6 Å². The smallest absolute Gasteiger partial charge is 0.462 e. The van der Waals surface area contributed by atoms with Gasteiger partial charge in [0.2, 0.25) is 0 Å². The van der Waals surface area contributed by atoms with E-state index >= 15 is 0 Å². The molecule has 454 valence electrons. The van der Waals surface area contributed by atoms with Crippen LogP contribution in [-0.2, 0) is 32.7 Å². The fraction of sp³-hybridized carbons (Fsp3) is 0.629. The van der Waals surface area contributed by atoms with E-state index in [1.807, 2.05) is 21.1 Å². The number of allylic oxidation sites excluding steroid dienone is 24. The first kappa shape index (κ1) is 75.9. The first-order valence-electron chi connectivity index (χ1n) is 31.6. The van der Waals surface area contributed by atoms with Gasteiger partial charge in [0.05, 0.1) is 27.7 Å². The van der Waals surface area contributed by atoms with Crippen molar-refractivity contribution in [3.8, 4) is 0 Å². The largest absolute Gasteiger partial charge is 0.472 e. The Bertz CT molecular complexity index is 1860. The van der Waals surface area contributed by atoms with Gasteiger partial charge in [-0.25, -0.2) is 4.57 Å². The van der Waals surface area contributed by atoms with Gasteiger partial charge < -0.3 is 18.9 Å². The molecule has 0 aliphatic rings. The minimum absolute atomic E-state index is 0.0177. The van der Waals surface area contributed by atoms with Gasteiger partial charge in [0.15, 0.2) is 6.10 Å². The van der Waals surface area contributed by atoms with Crippen LogP contribution in [0.5, 0.6) is 0 Å². The summed E-state index contributed by atoms with van der Waals surface area (Å²) in [6.45, 7) is 4.26. The monoisotopic (exact) mass is 1130 g/mol. The van der Waals surface area contributed by atoms with Crippen LogP contribution in [0.2, 0.25) is 0 Å². The maximum absolute atomic E-state index is 12.8. The number of nitrogens with zero attached hydrogens (tertiary/aromatic N) is 1. The van der Waals surface area contributed by atoms with Gasteiger partial charge in [-0.05, 0) is 122 Å². The van der Waals surface area contributed by atoms with Crippen molar-refractivity contribution in [2.75, 3.05) is 47.5 Å². The van der Waals surface area contributed by atoms with Crippen molar-refractivity contribution in [1.29, 1.82) is 0 Å². The van der Waals surface area contributed by atoms with Crippen LogP contribution in [0.15, 0.2) is 146 Å². The van der Waals surface area contributed by atoms with Crippen molar-refractivity contribution in [3.05, 3.63) is 146 Å². The Labute approximate surface area is 491 Å². The van der Waals surface area contributed by atoms with Crippen molar-refractivity contribution < 1.29 is 42.1 Å². The van der Waals surface area contributed by atoms with Crippen LogP contribution in [0, 0.1) is 0 Å². The van der Waals surface area contributed by atoms with E-state index in [4.69, 9.17) is 18.5 Å². The van der Waals surface area contributed by atoms with E-state index in [1.54, 1.807) is 0 Å². The Kier molecular flexibility index (Phi) is 56.5. The summed E-state index contributed by atoms with van der Waals surface area (Å²) in [5.74, 6) is -0.840. The highest BCUT2D eigenvalue weighted by atomic mass is 31.2. The molecule has 9 nitrogen and oxygen atoms in total. The summed E-state index contributed by atoms with van der Waals surface area (Å²) < 4.78 is 34.6. The van der Waals surface area contributed by atoms with Crippen LogP contribution in [0.25, 0.3) is 0 Å². The van der Waals surface area contributed by atoms with Crippen molar-refractivity contribution in [2.24, 2.45) is 0 Å². The minimum Gasteiger partial charge on any atom is -0.462 e. The van der Waals surface area contributed by atoms with Gasteiger partial charge in [0, 0.05) is 12.8 Å². The Balaban J connectivity index is 4.24. The van der Waals surface area contributed by atoms with Crippen LogP contribution < -0.4 is 0 Å². The second kappa shape index (κ2) is 59.5. The first-order chi connectivity index (χ1) is 39.0. The topological polar surface area (TPSA) is 108 Å². The average Bonchev–Trinajstić information content (AvgIpc) is 3.42. The molecule has 0 spiro atoms. The molecule has 2 atom stereocenters. The molecular weight excluding hydrogens is 1010 g/mol. The molecular formula is C70H117NO8P+. The molecule has 0 heterocycles. The molecule has 0 aromatic rings. The van der Waals surface area contributed by atoms with E-state index in [2.05, 4.69) is 160 Å². The lowest BCUT2D eigenvalue weighted by Gasteiger charge is -2.24. The Morgan fingerprint density at radius 1 is 0.400 bits per heavy atom. The van der Waals surface area contributed by atoms with Gasteiger partial charge in [-0.15, -0.1) is 0 Å². The molecule has 0 saturated carbocycles. The number of esters is 2. The number of carbonyl (C=O) groups excluding carboxylic acids is 2. The third-order valence-electron chi connectivity index (χ3n) is 12.9. The number of quaternary nitrogens is 1. The predicted octanol–water partition coefficient (Wildman–Crippen LogP) is 20.3. The molecule has 10 heteroatoms. The number of ether oxygens (including phenoxy) is 2. The average molecular weight is 1130 g/mol. The van der Waals surface area contributed by atoms with Gasteiger partial charge in [-0.2, -0.15) is 0 Å². The summed E-state index contributed by atoms with van der Waals surface area (Å²) in [5.41, 5.74) is 0. The molecule has 0 aromatic heterocycles. The number of hydrogen-bond acceptors (Lipinski definition) is 7. The zero-order valence-corrected chi connectivity index (χ0v) is 52.4. The summed E-state index contributed by atoms with van der Waals surface area (Å²) in [7, 11) is 1.44. The number of phosphoric acid groups is 1. The zero-order chi connectivity index (χ0) is 58.4. The molecule has 2 unspecified atom stereocenters. The van der Waals surface area contributed by atoms with Gasteiger partial charge in [0.1, 0.15) is 19.8 Å². The van der Waals surface area contributed by atoms with Crippen LogP contribution in [-0.4, -0.2) is 74.9 Å². The molecule has 0 rings (SSSR count). The quantitative estimate of drug-likeness (QED) is 0.0211. The van der Waals surface area contributed by atoms with E-state index in [9.17, 15) is 19.0 Å². The molecule has 0 amide bonds. The van der Waals surface area contributed by atoms with E-state index in [0.717, 1.165) is 128 Å². The van der Waals surface area contributed by atoms with E-state index in [0.29, 0.717) is 17.4 Å². The molecule has 0 aliphatic carbocycles. The lowest BCUT2D eigenvalue weighted by atomic mass is 10.1. The van der Waals surface area contributed by atoms with Crippen molar-refractivity contribution in [3.63, 3.8) is 0 Å². The second-order valence-electron chi connectivity index (χ2n) is 21.7. The van der Waals surface area contributed by atoms with Crippen LogP contribution >= 0.6 is 7.82 Å². The third kappa shape index (κ3) is 63.1. The van der Waals surface area contributed by atoms with Crippen LogP contribution in [0.4, 0.5) is 0 Å². The van der Waals surface area contributed by atoms with Crippen molar-refractivity contribution in [2.45, 2.75) is 238 Å². The highest BCUT2D eigenvalue weighted by molar-refractivity contribution is 7.47. The number of carbonyl (C=O) groups is 2. The fourth-order valence-corrected chi connectivity index (χ4v) is 8.76. The number of rotatable bonds is 56. The standard InChI is InChI=1S/C70H116NO8P/c1-6-8-10-12-14-16-18-20-22-24-26-28-29-30-31-32-33-34-35-36-37-38-39-40-41-43-45-47-49-51-53-55-57-59-61-63-70(73)79-68(67-78-80(74,75)77-65-64-71(3,4)5)66-76-69(72)62-60-58-56-54-52-50-48-46-44-42-27-25-23-21-19-17-15-13-11-9-7-2/h8,10,14,16,19-22,25-28,30-31,33-34,36-37,39-40,43,45,49,51,68H,6-7,9,11-13,15,17-18,23-24,29,32,35,38,41-42,44,46-48,50,52-67H2,1-5H3/p+1/b10-8-,16-14-,21-19-,22-20-,27-25-,28-26-,31-30-,34-33-,37-36-,40-39-,45-43-,51-49-. The van der Waals surface area contributed by atoms with E-state index < -0.39 is 26.5 Å². The highest BCUT2D eigenvalue weighted by Gasteiger charge is 2.27. The van der Waals surface area contributed by atoms with E-state index in [-0.39, 0.29) is 32.0 Å². The van der Waals surface area contributed by atoms with Crippen molar-refractivity contribution in [1.82, 2.24) is 0 Å². The molecule has 0 fully saturated rings. The van der Waals surface area contributed by atoms with Crippen LogP contribution in [0.1, 0.15) is 232 Å². The first-order valence-corrected chi connectivity index (χ1v) is 33.1. The number of likely N-dealkylation sites (N-methyl/N-ethyl adjacent to an activating group) is 1. The third-order valence-corrected chi connectivity index (χ3v) is 13.8. The maximum atomic E-state index is 12.8. The van der Waals surface area contributed by atoms with Gasteiger partial charge in [-0.1, -0.05) is 243 Å². The zero-order valence-electron chi connectivity index (χ0n) is 51.5. The highest BCUT2D eigenvalue weighted by Crippen LogP contribution is 2.43. The molecule has 0 radical (unpaired) electrons. The Hall–Kier alpha value is -4.11. The van der Waals surface area contributed by atoms with Gasteiger partial charge >= 0.3 is 19.8 Å². The van der Waals surface area contributed by atoms with Gasteiger partial charge in [-0.3, -0.25) is 18.6 Å². The SMILES string of the molecule is CC/C=C\C/C=C\C/C=C\C/C=C\C/C=C\C/C=C\C/C=C\C/C=C\C/C=C\C/C=C\CCCCCCC(=O)OC(COC(=O)CCCCCCCCCCC/C=C\C/C=C\CCCCCCC)COP(=O)(O)OCC[N+](C)(C)C. The summed E-state index contributed by atoms with van der Waals surface area (Å²) >= 11 is 0. The van der Waals surface area contributed by atoms with Crippen molar-refractivity contribution >= 4 is 19.8 Å². The summed E-state index contributed by atoms with van der Waals surface area (Å²) in [6, 6.07) is 0. The molecule has 0 aliphatic heterocycles. The lowest BCUT2D eigenvalue weighted by Crippen LogP contribution is -2.37. The number of hydrogen-bond donors (Lipinski definition) is 1. The molecule has 0 saturated heterocycles. The Morgan fingerprint density at radius 2 is 0.713 bits per heavy atom. The minimum atomic E-state index is -4.41. The summed E-state index contributed by atoms with van der Waals surface area (Å²) in [6.07, 6.45) is 87.8. The van der Waals surface area contributed by atoms with Crippen LogP contribution in [0.3, 0.4) is 0 Å². The predicted molar refractivity (Wildman–Crippen MR) is 343 cm³/mol. The molecule has 80 heavy (non-hydrogen) atoms. The number of unbranched alkanes of at least 4 members (excludes halogenated alkanes) is 18.